The first-order valence-corrected chi connectivity index (χ1v) is 5.86. The molecule has 1 aliphatic heterocycles. The average molecular weight is 244 g/mol. The summed E-state index contributed by atoms with van der Waals surface area (Å²) in [6.45, 7) is 0.778. The van der Waals surface area contributed by atoms with E-state index < -0.39 is 0 Å². The van der Waals surface area contributed by atoms with E-state index in [-0.39, 0.29) is 12.4 Å². The minimum Gasteiger partial charge on any atom is -0.370 e. The summed E-state index contributed by atoms with van der Waals surface area (Å²) in [6, 6.07) is 0. The molecule has 0 fully saturated rings. The Morgan fingerprint density at radius 3 is 2.87 bits per heavy atom. The van der Waals surface area contributed by atoms with E-state index in [9.17, 15) is 0 Å². The van der Waals surface area contributed by atoms with Crippen LogP contribution < -0.4 is 11.1 Å². The highest BCUT2D eigenvalue weighted by Gasteiger charge is 2.22. The zero-order valence-corrected chi connectivity index (χ0v) is 10.0. The van der Waals surface area contributed by atoms with Crippen molar-refractivity contribution in [1.29, 1.82) is 0 Å². The maximum absolute atomic E-state index is 5.65. The fourth-order valence-corrected chi connectivity index (χ4v) is 3.53. The SMILES string of the molecule is Cl.NC1=NCc2c(sc3c2CCCC3)N1. The Kier molecular flexibility index (Phi) is 2.89. The second kappa shape index (κ2) is 4.02. The lowest BCUT2D eigenvalue weighted by atomic mass is 9.95. The summed E-state index contributed by atoms with van der Waals surface area (Å²) in [4.78, 5) is 5.80. The molecule has 0 unspecified atom stereocenters. The molecule has 1 aromatic rings. The van der Waals surface area contributed by atoms with E-state index in [0.29, 0.717) is 5.96 Å². The van der Waals surface area contributed by atoms with Gasteiger partial charge in [0.1, 0.15) is 5.00 Å². The highest BCUT2D eigenvalue weighted by atomic mass is 35.5. The molecule has 82 valence electrons. The number of rotatable bonds is 0. The van der Waals surface area contributed by atoms with Crippen molar-refractivity contribution in [3.05, 3.63) is 16.0 Å². The topological polar surface area (TPSA) is 50.4 Å². The van der Waals surface area contributed by atoms with Crippen molar-refractivity contribution in [2.45, 2.75) is 32.2 Å². The van der Waals surface area contributed by atoms with Crippen LogP contribution in [0.15, 0.2) is 4.99 Å². The molecule has 1 aliphatic carbocycles. The van der Waals surface area contributed by atoms with Crippen molar-refractivity contribution in [2.75, 3.05) is 5.32 Å². The Hall–Kier alpha value is -0.740. The average Bonchev–Trinajstić information content (AvgIpc) is 2.54. The molecule has 0 aromatic carbocycles. The first-order chi connectivity index (χ1) is 6.84. The number of fused-ring (bicyclic) bond motifs is 3. The number of nitrogens with one attached hydrogen (secondary N) is 1. The summed E-state index contributed by atoms with van der Waals surface area (Å²) < 4.78 is 0. The van der Waals surface area contributed by atoms with Gasteiger partial charge in [-0.3, -0.25) is 0 Å². The van der Waals surface area contributed by atoms with Crippen LogP contribution in [0.3, 0.4) is 0 Å². The van der Waals surface area contributed by atoms with Crippen LogP contribution >= 0.6 is 23.7 Å². The maximum Gasteiger partial charge on any atom is 0.194 e. The monoisotopic (exact) mass is 243 g/mol. The van der Waals surface area contributed by atoms with Gasteiger partial charge in [0.2, 0.25) is 0 Å². The van der Waals surface area contributed by atoms with Crippen LogP contribution in [-0.2, 0) is 19.4 Å². The van der Waals surface area contributed by atoms with E-state index in [1.807, 2.05) is 11.3 Å². The smallest absolute Gasteiger partial charge is 0.194 e. The lowest BCUT2D eigenvalue weighted by Gasteiger charge is -2.14. The Balaban J connectivity index is 0.000000853. The summed E-state index contributed by atoms with van der Waals surface area (Å²) in [5, 5.41) is 4.40. The van der Waals surface area contributed by atoms with Gasteiger partial charge < -0.3 is 11.1 Å². The Morgan fingerprint density at radius 2 is 2.00 bits per heavy atom. The van der Waals surface area contributed by atoms with Gasteiger partial charge in [0.15, 0.2) is 5.96 Å². The molecule has 15 heavy (non-hydrogen) atoms. The molecule has 2 heterocycles. The van der Waals surface area contributed by atoms with Crippen molar-refractivity contribution >= 4 is 34.7 Å². The van der Waals surface area contributed by atoms with E-state index in [1.54, 1.807) is 10.4 Å². The third kappa shape index (κ3) is 1.72. The molecular weight excluding hydrogens is 230 g/mol. The molecular formula is C10H14ClN3S. The Labute approximate surface area is 99.2 Å². The van der Waals surface area contributed by atoms with Crippen LogP contribution in [0.25, 0.3) is 0 Å². The van der Waals surface area contributed by atoms with E-state index >= 15 is 0 Å². The first-order valence-electron chi connectivity index (χ1n) is 5.05. The van der Waals surface area contributed by atoms with Gasteiger partial charge >= 0.3 is 0 Å². The van der Waals surface area contributed by atoms with Gasteiger partial charge in [0.05, 0.1) is 6.54 Å². The minimum atomic E-state index is 0. The van der Waals surface area contributed by atoms with Crippen molar-refractivity contribution < 1.29 is 0 Å². The van der Waals surface area contributed by atoms with Crippen LogP contribution in [0.4, 0.5) is 5.00 Å². The number of hydrogen-bond acceptors (Lipinski definition) is 4. The number of nitrogens with two attached hydrogens (primary N) is 1. The molecule has 3 N–H and O–H groups in total. The van der Waals surface area contributed by atoms with Crippen LogP contribution in [0.2, 0.25) is 0 Å². The molecule has 0 atom stereocenters. The summed E-state index contributed by atoms with van der Waals surface area (Å²) in [5.41, 5.74) is 8.61. The van der Waals surface area contributed by atoms with Gasteiger partial charge in [-0.1, -0.05) is 0 Å². The summed E-state index contributed by atoms with van der Waals surface area (Å²) in [6.07, 6.45) is 5.14. The molecule has 2 aliphatic rings. The third-order valence-corrected chi connectivity index (χ3v) is 4.18. The Bertz CT molecular complexity index is 411. The number of anilines is 1. The third-order valence-electron chi connectivity index (χ3n) is 2.93. The molecule has 3 rings (SSSR count). The van der Waals surface area contributed by atoms with Gasteiger partial charge in [0.25, 0.3) is 0 Å². The number of aliphatic imine (C=N–C) groups is 1. The van der Waals surface area contributed by atoms with Crippen molar-refractivity contribution in [3.8, 4) is 0 Å². The molecule has 0 saturated carbocycles. The quantitative estimate of drug-likeness (QED) is 0.735. The molecule has 3 nitrogen and oxygen atoms in total. The van der Waals surface area contributed by atoms with Crippen LogP contribution in [0, 0.1) is 0 Å². The number of halogens is 1. The van der Waals surface area contributed by atoms with Crippen molar-refractivity contribution in [3.63, 3.8) is 0 Å². The number of nitrogens with zero attached hydrogens (tertiary/aromatic N) is 1. The fraction of sp³-hybridized carbons (Fsp3) is 0.500. The number of hydrogen-bond donors (Lipinski definition) is 2. The molecule has 0 amide bonds. The lowest BCUT2D eigenvalue weighted by molar-refractivity contribution is 0.691. The number of thiophene rings is 1. The first kappa shape index (κ1) is 10.8. The minimum absolute atomic E-state index is 0. The van der Waals surface area contributed by atoms with Gasteiger partial charge in [-0.05, 0) is 31.2 Å². The van der Waals surface area contributed by atoms with Gasteiger partial charge in [-0.15, -0.1) is 23.7 Å². The molecule has 5 heteroatoms. The highest BCUT2D eigenvalue weighted by molar-refractivity contribution is 7.16. The van der Waals surface area contributed by atoms with Crippen LogP contribution in [-0.4, -0.2) is 5.96 Å². The van der Waals surface area contributed by atoms with E-state index in [2.05, 4.69) is 10.3 Å². The second-order valence-electron chi connectivity index (χ2n) is 3.85. The second-order valence-corrected chi connectivity index (χ2v) is 4.95. The van der Waals surface area contributed by atoms with Gasteiger partial charge in [0, 0.05) is 10.4 Å². The summed E-state index contributed by atoms with van der Waals surface area (Å²) >= 11 is 1.87. The van der Waals surface area contributed by atoms with Crippen molar-refractivity contribution in [1.82, 2.24) is 0 Å². The maximum atomic E-state index is 5.65. The lowest BCUT2D eigenvalue weighted by Crippen LogP contribution is -2.25. The van der Waals surface area contributed by atoms with Crippen LogP contribution in [0.1, 0.15) is 28.8 Å². The standard InChI is InChI=1S/C10H13N3S.ClH/c11-10-12-5-7-6-3-1-2-4-8(6)14-9(7)13-10;/h1-5H2,(H3,11,12,13);1H. The molecule has 0 radical (unpaired) electrons. The normalized spacial score (nSPS) is 18.0. The molecule has 1 aromatic heterocycles. The van der Waals surface area contributed by atoms with E-state index in [1.165, 1.54) is 36.2 Å². The fourth-order valence-electron chi connectivity index (χ4n) is 2.22. The van der Waals surface area contributed by atoms with Crippen LogP contribution in [0.5, 0.6) is 0 Å². The number of guanidine groups is 1. The zero-order chi connectivity index (χ0) is 9.54. The van der Waals surface area contributed by atoms with E-state index in [0.717, 1.165) is 6.54 Å². The predicted octanol–water partition coefficient (Wildman–Crippen LogP) is 2.29. The highest BCUT2D eigenvalue weighted by Crippen LogP contribution is 2.39. The summed E-state index contributed by atoms with van der Waals surface area (Å²) in [5.74, 6) is 0.566. The molecule has 0 spiro atoms. The zero-order valence-electron chi connectivity index (χ0n) is 8.38. The van der Waals surface area contributed by atoms with Crippen molar-refractivity contribution in [2.24, 2.45) is 10.7 Å². The van der Waals surface area contributed by atoms with Gasteiger partial charge in [-0.2, -0.15) is 0 Å². The largest absolute Gasteiger partial charge is 0.370 e. The summed E-state index contributed by atoms with van der Waals surface area (Å²) in [7, 11) is 0. The number of aryl methyl sites for hydroxylation is 1. The Morgan fingerprint density at radius 1 is 1.20 bits per heavy atom. The molecule has 0 bridgehead atoms. The molecule has 0 saturated heterocycles. The predicted molar refractivity (Wildman–Crippen MR) is 67.2 cm³/mol. The van der Waals surface area contributed by atoms with E-state index in [4.69, 9.17) is 5.73 Å². The van der Waals surface area contributed by atoms with Gasteiger partial charge in [-0.25, -0.2) is 4.99 Å².